The topological polar surface area (TPSA) is 84.9 Å². The smallest absolute Gasteiger partial charge is 0.318 e. The third-order valence-corrected chi connectivity index (χ3v) is 5.06. The molecule has 0 aromatic heterocycles. The van der Waals surface area contributed by atoms with E-state index in [4.69, 9.17) is 8.92 Å². The monoisotopic (exact) mass is 418 g/mol. The molecule has 0 saturated carbocycles. The van der Waals surface area contributed by atoms with Crippen molar-refractivity contribution in [1.29, 1.82) is 0 Å². The molecule has 0 spiro atoms. The van der Waals surface area contributed by atoms with E-state index in [1.54, 1.807) is 29.2 Å². The van der Waals surface area contributed by atoms with E-state index in [-0.39, 0.29) is 17.9 Å². The molecule has 0 bridgehead atoms. The molecule has 2 aromatic rings. The van der Waals surface area contributed by atoms with Gasteiger partial charge in [0.1, 0.15) is 5.75 Å². The van der Waals surface area contributed by atoms with Crippen LogP contribution in [0.5, 0.6) is 5.75 Å². The molecule has 1 atom stereocenters. The largest absolute Gasteiger partial charge is 0.383 e. The van der Waals surface area contributed by atoms with Crippen LogP contribution in [0.25, 0.3) is 0 Å². The summed E-state index contributed by atoms with van der Waals surface area (Å²) in [5.74, 6) is 0.246. The summed E-state index contributed by atoms with van der Waals surface area (Å²) in [6, 6.07) is 16.3. The van der Waals surface area contributed by atoms with Gasteiger partial charge in [0.2, 0.25) is 0 Å². The Morgan fingerprint density at radius 2 is 1.86 bits per heavy atom. The Morgan fingerprint density at radius 1 is 1.14 bits per heavy atom. The molecule has 0 aliphatic carbocycles. The van der Waals surface area contributed by atoms with Crippen molar-refractivity contribution in [3.63, 3.8) is 0 Å². The van der Waals surface area contributed by atoms with Crippen LogP contribution in [0.4, 0.5) is 4.79 Å². The molecular formula is C21H26N2O5S. The Labute approximate surface area is 171 Å². The fourth-order valence-electron chi connectivity index (χ4n) is 3.18. The van der Waals surface area contributed by atoms with Crippen molar-refractivity contribution < 1.29 is 22.1 Å². The third kappa shape index (κ3) is 7.07. The second-order valence-corrected chi connectivity index (χ2v) is 8.67. The lowest BCUT2D eigenvalue weighted by Crippen LogP contribution is -2.43. The molecule has 0 unspecified atom stereocenters. The number of ether oxygens (including phenoxy) is 1. The quantitative estimate of drug-likeness (QED) is 0.667. The molecule has 2 aromatic carbocycles. The minimum atomic E-state index is -3.57. The van der Waals surface area contributed by atoms with Crippen molar-refractivity contribution in [2.24, 2.45) is 0 Å². The minimum absolute atomic E-state index is 0.0327. The van der Waals surface area contributed by atoms with Crippen molar-refractivity contribution in [3.8, 4) is 5.75 Å². The molecule has 156 valence electrons. The summed E-state index contributed by atoms with van der Waals surface area (Å²) in [5, 5.41) is 2.96. The van der Waals surface area contributed by atoms with Gasteiger partial charge in [-0.25, -0.2) is 4.79 Å². The van der Waals surface area contributed by atoms with Crippen molar-refractivity contribution >= 4 is 16.1 Å². The lowest BCUT2D eigenvalue weighted by Gasteiger charge is -2.26. The first-order valence-corrected chi connectivity index (χ1v) is 11.4. The average molecular weight is 419 g/mol. The Hall–Kier alpha value is -2.58. The van der Waals surface area contributed by atoms with Gasteiger partial charge in [-0.3, -0.25) is 0 Å². The van der Waals surface area contributed by atoms with E-state index in [1.165, 1.54) is 0 Å². The lowest BCUT2D eigenvalue weighted by molar-refractivity contribution is 0.0794. The summed E-state index contributed by atoms with van der Waals surface area (Å²) in [7, 11) is -3.57. The molecule has 0 radical (unpaired) electrons. The van der Waals surface area contributed by atoms with Crippen LogP contribution in [0.3, 0.4) is 0 Å². The molecule has 1 fully saturated rings. The van der Waals surface area contributed by atoms with Gasteiger partial charge in [0.15, 0.2) is 0 Å². The van der Waals surface area contributed by atoms with E-state index in [9.17, 15) is 13.2 Å². The number of carbonyl (C=O) groups excluding carboxylic acids is 1. The normalized spacial score (nSPS) is 16.4. The number of benzene rings is 2. The zero-order valence-electron chi connectivity index (χ0n) is 16.4. The van der Waals surface area contributed by atoms with Gasteiger partial charge in [-0.05, 0) is 36.1 Å². The molecule has 1 aliphatic heterocycles. The van der Waals surface area contributed by atoms with Crippen LogP contribution in [-0.2, 0) is 27.9 Å². The Balaban J connectivity index is 1.65. The first-order valence-electron chi connectivity index (χ1n) is 9.56. The maximum absolute atomic E-state index is 12.8. The van der Waals surface area contributed by atoms with Crippen LogP contribution >= 0.6 is 0 Å². The summed E-state index contributed by atoms with van der Waals surface area (Å²) >= 11 is 0. The summed E-state index contributed by atoms with van der Waals surface area (Å²) in [6.45, 7) is 2.06. The third-order valence-electron chi connectivity index (χ3n) is 4.57. The number of amides is 2. The molecule has 2 amide bonds. The van der Waals surface area contributed by atoms with E-state index in [0.717, 1.165) is 36.8 Å². The summed E-state index contributed by atoms with van der Waals surface area (Å²) in [4.78, 5) is 14.5. The highest BCUT2D eigenvalue weighted by molar-refractivity contribution is 7.86. The van der Waals surface area contributed by atoms with E-state index in [1.807, 2.05) is 30.3 Å². The van der Waals surface area contributed by atoms with Crippen LogP contribution in [0, 0.1) is 0 Å². The van der Waals surface area contributed by atoms with Crippen LogP contribution in [-0.4, -0.2) is 44.9 Å². The molecule has 7 nitrogen and oxygen atoms in total. The first kappa shape index (κ1) is 21.1. The zero-order chi connectivity index (χ0) is 20.7. The summed E-state index contributed by atoms with van der Waals surface area (Å²) in [5.41, 5.74) is 1.90. The van der Waals surface area contributed by atoms with E-state index in [0.29, 0.717) is 19.6 Å². The van der Waals surface area contributed by atoms with Gasteiger partial charge in [-0.15, -0.1) is 0 Å². The van der Waals surface area contributed by atoms with Gasteiger partial charge in [0.25, 0.3) is 0 Å². The summed E-state index contributed by atoms with van der Waals surface area (Å²) < 4.78 is 33.0. The molecular weight excluding hydrogens is 392 g/mol. The maximum Gasteiger partial charge on any atom is 0.318 e. The molecule has 1 saturated heterocycles. The van der Waals surface area contributed by atoms with Gasteiger partial charge in [0, 0.05) is 26.2 Å². The minimum Gasteiger partial charge on any atom is -0.383 e. The highest BCUT2D eigenvalue weighted by Gasteiger charge is 2.23. The highest BCUT2D eigenvalue weighted by Crippen LogP contribution is 2.18. The molecule has 8 heteroatoms. The molecule has 1 aliphatic rings. The number of carbonyl (C=O) groups is 1. The zero-order valence-corrected chi connectivity index (χ0v) is 17.2. The predicted octanol–water partition coefficient (Wildman–Crippen LogP) is 2.92. The number of urea groups is 1. The molecule has 29 heavy (non-hydrogen) atoms. The second kappa shape index (κ2) is 9.76. The van der Waals surface area contributed by atoms with Crippen LogP contribution < -0.4 is 9.50 Å². The number of hydrogen-bond acceptors (Lipinski definition) is 5. The maximum atomic E-state index is 12.8. The number of nitrogens with one attached hydrogen (secondary N) is 1. The van der Waals surface area contributed by atoms with E-state index >= 15 is 0 Å². The van der Waals surface area contributed by atoms with Crippen molar-refractivity contribution in [2.75, 3.05) is 19.4 Å². The Morgan fingerprint density at radius 3 is 2.48 bits per heavy atom. The fraction of sp³-hybridized carbons (Fsp3) is 0.381. The van der Waals surface area contributed by atoms with E-state index in [2.05, 4.69) is 5.32 Å². The van der Waals surface area contributed by atoms with Gasteiger partial charge >= 0.3 is 16.1 Å². The van der Waals surface area contributed by atoms with Gasteiger partial charge in [-0.1, -0.05) is 42.5 Å². The predicted molar refractivity (Wildman–Crippen MR) is 110 cm³/mol. The van der Waals surface area contributed by atoms with Crippen molar-refractivity contribution in [1.82, 2.24) is 10.2 Å². The molecule has 3 rings (SSSR count). The fourth-order valence-corrected chi connectivity index (χ4v) is 3.65. The number of nitrogens with zero attached hydrogens (tertiary/aromatic N) is 1. The lowest BCUT2D eigenvalue weighted by atomic mass is 10.2. The Bertz CT molecular complexity index is 894. The van der Waals surface area contributed by atoms with Crippen LogP contribution in [0.15, 0.2) is 54.6 Å². The molecule has 1 N–H and O–H groups in total. The van der Waals surface area contributed by atoms with Gasteiger partial charge < -0.3 is 19.1 Å². The van der Waals surface area contributed by atoms with Crippen molar-refractivity contribution in [2.45, 2.75) is 32.0 Å². The van der Waals surface area contributed by atoms with E-state index < -0.39 is 10.1 Å². The Kier molecular flexibility index (Phi) is 7.11. The SMILES string of the molecule is CS(=O)(=O)Oc1ccc(CN(C[C@H]2CCCO2)C(=O)NCc2ccccc2)cc1. The second-order valence-electron chi connectivity index (χ2n) is 7.09. The van der Waals surface area contributed by atoms with Crippen LogP contribution in [0.1, 0.15) is 24.0 Å². The molecule has 1 heterocycles. The number of rotatable bonds is 8. The highest BCUT2D eigenvalue weighted by atomic mass is 32.2. The number of hydrogen-bond donors (Lipinski definition) is 1. The van der Waals surface area contributed by atoms with Crippen molar-refractivity contribution in [3.05, 3.63) is 65.7 Å². The standard InChI is InChI=1S/C21H26N2O5S/c1-29(25,26)28-19-11-9-18(10-12-19)15-23(16-20-8-5-13-27-20)21(24)22-14-17-6-3-2-4-7-17/h2-4,6-7,9-12,20H,5,8,13-16H2,1H3,(H,22,24)/t20-/m1/s1. The van der Waals surface area contributed by atoms with Gasteiger partial charge in [0.05, 0.1) is 12.4 Å². The first-order chi connectivity index (χ1) is 13.9. The van der Waals surface area contributed by atoms with Crippen LogP contribution in [0.2, 0.25) is 0 Å². The summed E-state index contributed by atoms with van der Waals surface area (Å²) in [6.07, 6.45) is 2.97. The average Bonchev–Trinajstić information content (AvgIpc) is 3.20. The van der Waals surface area contributed by atoms with Gasteiger partial charge in [-0.2, -0.15) is 8.42 Å².